The summed E-state index contributed by atoms with van der Waals surface area (Å²) in [6, 6.07) is 6.20. The number of aryl methyl sites for hydroxylation is 1. The van der Waals surface area contributed by atoms with Crippen molar-refractivity contribution in [3.63, 3.8) is 0 Å². The number of benzene rings is 2. The maximum absolute atomic E-state index is 13.8. The molecule has 7 heteroatoms. The topological polar surface area (TPSA) is 75.6 Å². The van der Waals surface area contributed by atoms with Crippen LogP contribution in [0.4, 0.5) is 10.1 Å². The van der Waals surface area contributed by atoms with Gasteiger partial charge in [0.15, 0.2) is 0 Å². The van der Waals surface area contributed by atoms with Gasteiger partial charge in [0.05, 0.1) is 23.4 Å². The van der Waals surface area contributed by atoms with Crippen molar-refractivity contribution < 1.29 is 23.8 Å². The first-order chi connectivity index (χ1) is 10.8. The van der Waals surface area contributed by atoms with Crippen molar-refractivity contribution in [2.24, 2.45) is 0 Å². The molecule has 0 aliphatic heterocycles. The van der Waals surface area contributed by atoms with Gasteiger partial charge in [0.1, 0.15) is 11.6 Å². The number of rotatable bonds is 4. The van der Waals surface area contributed by atoms with E-state index in [0.29, 0.717) is 11.3 Å². The zero-order chi connectivity index (χ0) is 17.1. The van der Waals surface area contributed by atoms with Crippen LogP contribution < -0.4 is 10.1 Å². The first-order valence-corrected chi connectivity index (χ1v) is 6.89. The fraction of sp³-hybridized carbons (Fsp3) is 0.125. The Morgan fingerprint density at radius 2 is 1.91 bits per heavy atom. The summed E-state index contributed by atoms with van der Waals surface area (Å²) >= 11 is 6.02. The molecule has 2 aromatic carbocycles. The normalized spacial score (nSPS) is 10.3. The first kappa shape index (κ1) is 16.8. The predicted molar refractivity (Wildman–Crippen MR) is 84.1 cm³/mol. The molecule has 0 aromatic heterocycles. The zero-order valence-corrected chi connectivity index (χ0v) is 13.1. The van der Waals surface area contributed by atoms with Crippen LogP contribution in [0.2, 0.25) is 5.02 Å². The van der Waals surface area contributed by atoms with E-state index in [2.05, 4.69) is 5.32 Å². The monoisotopic (exact) mass is 337 g/mol. The van der Waals surface area contributed by atoms with Crippen molar-refractivity contribution >= 4 is 29.2 Å². The van der Waals surface area contributed by atoms with E-state index < -0.39 is 17.7 Å². The van der Waals surface area contributed by atoms with Crippen LogP contribution in [0.3, 0.4) is 0 Å². The van der Waals surface area contributed by atoms with Crippen LogP contribution in [-0.4, -0.2) is 24.1 Å². The van der Waals surface area contributed by atoms with E-state index in [-0.39, 0.29) is 21.8 Å². The van der Waals surface area contributed by atoms with Gasteiger partial charge in [-0.15, -0.1) is 0 Å². The van der Waals surface area contributed by atoms with Crippen LogP contribution in [-0.2, 0) is 0 Å². The van der Waals surface area contributed by atoms with Gasteiger partial charge in [0.25, 0.3) is 5.91 Å². The number of ether oxygens (including phenoxy) is 1. The number of carbonyl (C=O) groups excluding carboxylic acids is 1. The summed E-state index contributed by atoms with van der Waals surface area (Å²) in [6.07, 6.45) is 0. The van der Waals surface area contributed by atoms with Crippen molar-refractivity contribution in [3.8, 4) is 5.75 Å². The second kappa shape index (κ2) is 6.66. The Balaban J connectivity index is 2.28. The lowest BCUT2D eigenvalue weighted by atomic mass is 10.1. The number of halogens is 2. The fourth-order valence-corrected chi connectivity index (χ4v) is 2.41. The van der Waals surface area contributed by atoms with Crippen molar-refractivity contribution in [2.75, 3.05) is 12.4 Å². The second-order valence-corrected chi connectivity index (χ2v) is 5.17. The third-order valence-electron chi connectivity index (χ3n) is 3.16. The van der Waals surface area contributed by atoms with E-state index in [4.69, 9.17) is 21.4 Å². The highest BCUT2D eigenvalue weighted by atomic mass is 35.5. The number of carbonyl (C=O) groups is 2. The number of methoxy groups -OCH3 is 1. The van der Waals surface area contributed by atoms with Crippen molar-refractivity contribution in [1.29, 1.82) is 0 Å². The summed E-state index contributed by atoms with van der Waals surface area (Å²) in [5.41, 5.74) is 0.565. The average Bonchev–Trinajstić information content (AvgIpc) is 2.48. The minimum atomic E-state index is -1.25. The Bertz CT molecular complexity index is 769. The van der Waals surface area contributed by atoms with E-state index in [0.717, 1.165) is 6.07 Å². The predicted octanol–water partition coefficient (Wildman–Crippen LogP) is 3.75. The van der Waals surface area contributed by atoms with Gasteiger partial charge in [0, 0.05) is 5.56 Å². The molecule has 120 valence electrons. The highest BCUT2D eigenvalue weighted by Gasteiger charge is 2.15. The largest absolute Gasteiger partial charge is 0.495 e. The quantitative estimate of drug-likeness (QED) is 0.891. The number of aromatic carboxylic acids is 1. The number of hydrogen-bond donors (Lipinski definition) is 2. The van der Waals surface area contributed by atoms with Crippen LogP contribution in [0.15, 0.2) is 30.3 Å². The molecule has 0 bridgehead atoms. The number of anilines is 1. The molecular formula is C16H13ClFNO4. The fourth-order valence-electron chi connectivity index (χ4n) is 2.06. The van der Waals surface area contributed by atoms with Crippen molar-refractivity contribution in [1.82, 2.24) is 0 Å². The second-order valence-electron chi connectivity index (χ2n) is 4.76. The third kappa shape index (κ3) is 3.60. The highest BCUT2D eigenvalue weighted by Crippen LogP contribution is 2.30. The Morgan fingerprint density at radius 3 is 2.43 bits per heavy atom. The lowest BCUT2D eigenvalue weighted by Gasteiger charge is -2.11. The third-order valence-corrected chi connectivity index (χ3v) is 3.44. The zero-order valence-electron chi connectivity index (χ0n) is 12.3. The molecule has 5 nitrogen and oxygen atoms in total. The van der Waals surface area contributed by atoms with Gasteiger partial charge in [-0.25, -0.2) is 9.18 Å². The van der Waals surface area contributed by atoms with E-state index in [9.17, 15) is 14.0 Å². The van der Waals surface area contributed by atoms with E-state index in [1.807, 2.05) is 0 Å². The van der Waals surface area contributed by atoms with Crippen LogP contribution >= 0.6 is 11.6 Å². The standard InChI is InChI=1S/C16H13ClFNO4/c1-8-5-10(6-11(17)14(8)23-2)15(20)19-13-4-3-9(16(21)22)7-12(13)18/h3-7H,1-2H3,(H,19,20)(H,21,22). The number of carboxylic acid groups (broad SMARTS) is 1. The van der Waals surface area contributed by atoms with E-state index >= 15 is 0 Å². The molecule has 0 aliphatic carbocycles. The molecule has 1 amide bonds. The molecule has 2 N–H and O–H groups in total. The minimum absolute atomic E-state index is 0.121. The molecule has 2 aromatic rings. The minimum Gasteiger partial charge on any atom is -0.495 e. The van der Waals surface area contributed by atoms with E-state index in [1.54, 1.807) is 13.0 Å². The molecule has 0 atom stereocenters. The summed E-state index contributed by atoms with van der Waals surface area (Å²) in [5.74, 6) is -2.20. The molecule has 0 fully saturated rings. The van der Waals surface area contributed by atoms with Gasteiger partial charge in [-0.05, 0) is 42.8 Å². The molecule has 0 radical (unpaired) electrons. The maximum atomic E-state index is 13.8. The van der Waals surface area contributed by atoms with Crippen LogP contribution in [0, 0.1) is 12.7 Å². The Morgan fingerprint density at radius 1 is 1.22 bits per heavy atom. The summed E-state index contributed by atoms with van der Waals surface area (Å²) in [7, 11) is 1.47. The molecule has 23 heavy (non-hydrogen) atoms. The molecular weight excluding hydrogens is 325 g/mol. The summed E-state index contributed by atoms with van der Waals surface area (Å²) in [4.78, 5) is 23.0. The molecule has 0 heterocycles. The summed E-state index contributed by atoms with van der Waals surface area (Å²) in [5, 5.41) is 11.4. The Hall–Kier alpha value is -2.60. The average molecular weight is 338 g/mol. The number of hydrogen-bond acceptors (Lipinski definition) is 3. The lowest BCUT2D eigenvalue weighted by Crippen LogP contribution is -2.14. The van der Waals surface area contributed by atoms with Gasteiger partial charge in [-0.3, -0.25) is 4.79 Å². The molecule has 0 aliphatic rings. The Kier molecular flexibility index (Phi) is 4.86. The molecule has 0 saturated heterocycles. The van der Waals surface area contributed by atoms with Crippen LogP contribution in [0.1, 0.15) is 26.3 Å². The molecule has 0 saturated carbocycles. The van der Waals surface area contributed by atoms with Crippen molar-refractivity contribution in [2.45, 2.75) is 6.92 Å². The SMILES string of the molecule is COc1c(C)cc(C(=O)Nc2ccc(C(=O)O)cc2F)cc1Cl. The lowest BCUT2D eigenvalue weighted by molar-refractivity contribution is 0.0696. The van der Waals surface area contributed by atoms with Gasteiger partial charge >= 0.3 is 5.97 Å². The summed E-state index contributed by atoms with van der Waals surface area (Å²) in [6.45, 7) is 1.73. The Labute approximate surface area is 136 Å². The highest BCUT2D eigenvalue weighted by molar-refractivity contribution is 6.32. The van der Waals surface area contributed by atoms with Gasteiger partial charge in [-0.2, -0.15) is 0 Å². The van der Waals surface area contributed by atoms with Crippen molar-refractivity contribution in [3.05, 3.63) is 57.9 Å². The van der Waals surface area contributed by atoms with Crippen LogP contribution in [0.25, 0.3) is 0 Å². The van der Waals surface area contributed by atoms with Gasteiger partial charge in [0.2, 0.25) is 0 Å². The summed E-state index contributed by atoms with van der Waals surface area (Å²) < 4.78 is 18.9. The van der Waals surface area contributed by atoms with Gasteiger partial charge in [-0.1, -0.05) is 11.6 Å². The molecule has 2 rings (SSSR count). The maximum Gasteiger partial charge on any atom is 0.335 e. The molecule has 0 spiro atoms. The number of nitrogens with one attached hydrogen (secondary N) is 1. The molecule has 0 unspecified atom stereocenters. The van der Waals surface area contributed by atoms with Crippen LogP contribution in [0.5, 0.6) is 5.75 Å². The number of amides is 1. The first-order valence-electron chi connectivity index (χ1n) is 6.51. The van der Waals surface area contributed by atoms with E-state index in [1.165, 1.54) is 25.3 Å². The van der Waals surface area contributed by atoms with Gasteiger partial charge < -0.3 is 15.2 Å². The smallest absolute Gasteiger partial charge is 0.335 e. The number of carboxylic acids is 1.